The van der Waals surface area contributed by atoms with Crippen LogP contribution in [0.25, 0.3) is 0 Å². The zero-order chi connectivity index (χ0) is 14.1. The van der Waals surface area contributed by atoms with Crippen LogP contribution in [0.15, 0.2) is 8.86 Å². The molecule has 0 amide bonds. The molecule has 0 spiro atoms. The van der Waals surface area contributed by atoms with Crippen LogP contribution in [-0.2, 0) is 17.0 Å². The van der Waals surface area contributed by atoms with Crippen molar-refractivity contribution in [3.8, 4) is 0 Å². The number of carboxylic acid groups (broad SMARTS) is 1. The molecule has 0 aliphatic heterocycles. The third-order valence-corrected chi connectivity index (χ3v) is 5.22. The first-order chi connectivity index (χ1) is 9.61. The summed E-state index contributed by atoms with van der Waals surface area (Å²) in [5, 5.41) is 12.8. The third kappa shape index (κ3) is 3.18. The fraction of sp³-hybridized carbons (Fsp3) is 0.500. The van der Waals surface area contributed by atoms with E-state index in [-0.39, 0.29) is 6.42 Å². The SMILES string of the molecule is Cc1nc(SCc2nc(C3CC3)no2)sc1CC(=O)O. The maximum Gasteiger partial charge on any atom is 0.308 e. The summed E-state index contributed by atoms with van der Waals surface area (Å²) >= 11 is 2.91. The van der Waals surface area contributed by atoms with Crippen molar-refractivity contribution in [2.24, 2.45) is 0 Å². The van der Waals surface area contributed by atoms with E-state index in [0.717, 1.165) is 33.6 Å². The zero-order valence-electron chi connectivity index (χ0n) is 10.8. The van der Waals surface area contributed by atoms with Crippen molar-refractivity contribution < 1.29 is 14.4 Å². The van der Waals surface area contributed by atoms with E-state index in [1.807, 2.05) is 6.92 Å². The number of rotatable bonds is 6. The van der Waals surface area contributed by atoms with Gasteiger partial charge in [0.25, 0.3) is 0 Å². The number of thiazole rings is 1. The highest BCUT2D eigenvalue weighted by Crippen LogP contribution is 2.38. The lowest BCUT2D eigenvalue weighted by atomic mass is 10.3. The van der Waals surface area contributed by atoms with Crippen LogP contribution in [0.1, 0.15) is 41.0 Å². The average molecular weight is 311 g/mol. The van der Waals surface area contributed by atoms with Gasteiger partial charge >= 0.3 is 5.97 Å². The molecule has 0 unspecified atom stereocenters. The van der Waals surface area contributed by atoms with Gasteiger partial charge in [0, 0.05) is 10.8 Å². The van der Waals surface area contributed by atoms with Crippen molar-refractivity contribution in [1.82, 2.24) is 15.1 Å². The van der Waals surface area contributed by atoms with Gasteiger partial charge in [0.1, 0.15) is 0 Å². The van der Waals surface area contributed by atoms with Crippen molar-refractivity contribution in [3.05, 3.63) is 22.3 Å². The summed E-state index contributed by atoms with van der Waals surface area (Å²) in [5.74, 6) is 1.63. The van der Waals surface area contributed by atoms with E-state index in [2.05, 4.69) is 15.1 Å². The molecule has 1 fully saturated rings. The van der Waals surface area contributed by atoms with Gasteiger partial charge < -0.3 is 9.63 Å². The first kappa shape index (κ1) is 13.6. The topological polar surface area (TPSA) is 89.1 Å². The Labute approximate surface area is 123 Å². The predicted octanol–water partition coefficient (Wildman–Crippen LogP) is 2.63. The molecule has 106 valence electrons. The Kier molecular flexibility index (Phi) is 3.75. The molecule has 1 saturated carbocycles. The summed E-state index contributed by atoms with van der Waals surface area (Å²) in [4.78, 5) is 20.2. The van der Waals surface area contributed by atoms with E-state index in [1.165, 1.54) is 23.1 Å². The molecule has 20 heavy (non-hydrogen) atoms. The number of nitrogens with zero attached hydrogens (tertiary/aromatic N) is 3. The number of hydrogen-bond donors (Lipinski definition) is 1. The van der Waals surface area contributed by atoms with Gasteiger partial charge in [-0.05, 0) is 19.8 Å². The number of hydrogen-bond acceptors (Lipinski definition) is 7. The predicted molar refractivity (Wildman–Crippen MR) is 74.0 cm³/mol. The Bertz CT molecular complexity index is 634. The smallest absolute Gasteiger partial charge is 0.308 e. The standard InChI is InChI=1S/C12H13N3O3S2/c1-6-8(4-10(16)17)20-12(13-6)19-5-9-14-11(15-18-9)7-2-3-7/h7H,2-5H2,1H3,(H,16,17). The van der Waals surface area contributed by atoms with Crippen molar-refractivity contribution >= 4 is 29.1 Å². The van der Waals surface area contributed by atoms with Crippen molar-refractivity contribution in [1.29, 1.82) is 0 Å². The number of carboxylic acids is 1. The third-order valence-electron chi connectivity index (χ3n) is 2.93. The summed E-state index contributed by atoms with van der Waals surface area (Å²) in [6.45, 7) is 1.83. The average Bonchev–Trinajstić information content (AvgIpc) is 3.04. The molecule has 1 aliphatic carbocycles. The monoisotopic (exact) mass is 311 g/mol. The molecule has 2 aromatic rings. The van der Waals surface area contributed by atoms with E-state index >= 15 is 0 Å². The fourth-order valence-electron chi connectivity index (χ4n) is 1.72. The van der Waals surface area contributed by atoms with Crippen LogP contribution >= 0.6 is 23.1 Å². The first-order valence-corrected chi connectivity index (χ1v) is 8.05. The van der Waals surface area contributed by atoms with Crippen LogP contribution in [0.2, 0.25) is 0 Å². The van der Waals surface area contributed by atoms with Crippen LogP contribution < -0.4 is 0 Å². The number of aliphatic carboxylic acids is 1. The quantitative estimate of drug-likeness (QED) is 0.820. The normalized spacial score (nSPS) is 14.7. The lowest BCUT2D eigenvalue weighted by molar-refractivity contribution is -0.136. The summed E-state index contributed by atoms with van der Waals surface area (Å²) in [6.07, 6.45) is 2.32. The second-order valence-corrected chi connectivity index (χ2v) is 6.97. The van der Waals surface area contributed by atoms with Gasteiger partial charge in [-0.15, -0.1) is 11.3 Å². The Morgan fingerprint density at radius 3 is 3.00 bits per heavy atom. The van der Waals surface area contributed by atoms with Gasteiger partial charge in [0.15, 0.2) is 10.2 Å². The van der Waals surface area contributed by atoms with E-state index in [9.17, 15) is 4.79 Å². The minimum absolute atomic E-state index is 0.0243. The lowest BCUT2D eigenvalue weighted by Gasteiger charge is -1.90. The molecule has 0 atom stereocenters. The lowest BCUT2D eigenvalue weighted by Crippen LogP contribution is -1.99. The number of aromatic nitrogens is 3. The molecule has 6 nitrogen and oxygen atoms in total. The Morgan fingerprint density at radius 2 is 2.30 bits per heavy atom. The molecule has 3 rings (SSSR count). The Hall–Kier alpha value is -1.41. The van der Waals surface area contributed by atoms with Gasteiger partial charge in [-0.25, -0.2) is 4.98 Å². The van der Waals surface area contributed by atoms with Gasteiger partial charge in [-0.3, -0.25) is 4.79 Å². The second kappa shape index (κ2) is 5.53. The highest BCUT2D eigenvalue weighted by atomic mass is 32.2. The van der Waals surface area contributed by atoms with E-state index in [4.69, 9.17) is 9.63 Å². The summed E-state index contributed by atoms with van der Waals surface area (Å²) < 4.78 is 6.03. The van der Waals surface area contributed by atoms with Crippen molar-refractivity contribution in [3.63, 3.8) is 0 Å². The summed E-state index contributed by atoms with van der Waals surface area (Å²) in [5.41, 5.74) is 0.782. The van der Waals surface area contributed by atoms with Crippen molar-refractivity contribution in [2.45, 2.75) is 42.2 Å². The Morgan fingerprint density at radius 1 is 1.50 bits per heavy atom. The summed E-state index contributed by atoms with van der Waals surface area (Å²) in [6, 6.07) is 0. The fourth-order valence-corrected chi connectivity index (χ4v) is 3.78. The van der Waals surface area contributed by atoms with E-state index in [1.54, 1.807) is 0 Å². The molecule has 8 heteroatoms. The molecular weight excluding hydrogens is 298 g/mol. The molecule has 0 radical (unpaired) electrons. The zero-order valence-corrected chi connectivity index (χ0v) is 12.5. The second-order valence-electron chi connectivity index (χ2n) is 4.67. The molecule has 2 aromatic heterocycles. The van der Waals surface area contributed by atoms with Gasteiger partial charge in [-0.2, -0.15) is 4.98 Å². The van der Waals surface area contributed by atoms with Crippen LogP contribution in [-0.4, -0.2) is 26.2 Å². The minimum Gasteiger partial charge on any atom is -0.481 e. The number of carbonyl (C=O) groups is 1. The molecule has 2 heterocycles. The van der Waals surface area contributed by atoms with Crippen LogP contribution in [0.3, 0.4) is 0 Å². The van der Waals surface area contributed by atoms with Gasteiger partial charge in [0.05, 0.1) is 17.9 Å². The molecule has 0 saturated heterocycles. The molecule has 0 aromatic carbocycles. The molecule has 1 N–H and O–H groups in total. The highest BCUT2D eigenvalue weighted by molar-refractivity contribution is 8.00. The van der Waals surface area contributed by atoms with Gasteiger partial charge in [0.2, 0.25) is 5.89 Å². The largest absolute Gasteiger partial charge is 0.481 e. The number of thioether (sulfide) groups is 1. The highest BCUT2D eigenvalue weighted by Gasteiger charge is 2.28. The van der Waals surface area contributed by atoms with Crippen molar-refractivity contribution in [2.75, 3.05) is 0 Å². The maximum absolute atomic E-state index is 10.7. The first-order valence-electron chi connectivity index (χ1n) is 6.25. The maximum atomic E-state index is 10.7. The number of aryl methyl sites for hydroxylation is 1. The van der Waals surface area contributed by atoms with Crippen LogP contribution in [0.5, 0.6) is 0 Å². The van der Waals surface area contributed by atoms with E-state index in [0.29, 0.717) is 17.6 Å². The van der Waals surface area contributed by atoms with Crippen LogP contribution in [0, 0.1) is 6.92 Å². The van der Waals surface area contributed by atoms with Gasteiger partial charge in [-0.1, -0.05) is 16.9 Å². The molecular formula is C12H13N3O3S2. The minimum atomic E-state index is -0.834. The van der Waals surface area contributed by atoms with E-state index < -0.39 is 5.97 Å². The summed E-state index contributed by atoms with van der Waals surface area (Å²) in [7, 11) is 0. The Balaban J connectivity index is 1.60. The molecule has 1 aliphatic rings. The van der Waals surface area contributed by atoms with Crippen LogP contribution in [0.4, 0.5) is 0 Å². The molecule has 0 bridgehead atoms.